The predicted octanol–water partition coefficient (Wildman–Crippen LogP) is 10.3. The van der Waals surface area contributed by atoms with Gasteiger partial charge in [-0.1, -0.05) is 133 Å². The lowest BCUT2D eigenvalue weighted by Gasteiger charge is -2.14. The SMILES string of the molecule is c1ccc(-c2cc(-c3nc(-c4ccccc4)c4c(n3)-c3ccccc3C4)cc(-c3nc(-c4ccccc4)c4ccccc4n3)c2)cc1. The molecule has 0 unspecified atom stereocenters. The van der Waals surface area contributed by atoms with Crippen LogP contribution in [0, 0.1) is 0 Å². The minimum Gasteiger partial charge on any atom is -0.228 e. The molecule has 0 bridgehead atoms. The fourth-order valence-electron chi connectivity index (χ4n) is 6.64. The molecule has 0 N–H and O–H groups in total. The number of nitrogens with zero attached hydrogens (tertiary/aromatic N) is 4. The van der Waals surface area contributed by atoms with Gasteiger partial charge in [-0.25, -0.2) is 19.9 Å². The van der Waals surface area contributed by atoms with Crippen LogP contribution in [0.1, 0.15) is 11.1 Å². The molecule has 0 aliphatic heterocycles. The third-order valence-electron chi connectivity index (χ3n) is 8.90. The maximum absolute atomic E-state index is 5.30. The van der Waals surface area contributed by atoms with E-state index in [2.05, 4.69) is 115 Å². The van der Waals surface area contributed by atoms with E-state index in [1.807, 2.05) is 42.5 Å². The number of para-hydroxylation sites is 1. The second kappa shape index (κ2) is 11.3. The monoisotopic (exact) mass is 600 g/mol. The summed E-state index contributed by atoms with van der Waals surface area (Å²) in [5.74, 6) is 1.35. The van der Waals surface area contributed by atoms with Gasteiger partial charge >= 0.3 is 0 Å². The highest BCUT2D eigenvalue weighted by Gasteiger charge is 2.26. The van der Waals surface area contributed by atoms with Gasteiger partial charge in [-0.3, -0.25) is 0 Å². The van der Waals surface area contributed by atoms with Gasteiger partial charge in [-0.15, -0.1) is 0 Å². The van der Waals surface area contributed by atoms with Gasteiger partial charge in [0.1, 0.15) is 0 Å². The Morgan fingerprint density at radius 2 is 0.872 bits per heavy atom. The highest BCUT2D eigenvalue weighted by molar-refractivity contribution is 5.94. The lowest BCUT2D eigenvalue weighted by atomic mass is 9.98. The Balaban J connectivity index is 1.30. The average Bonchev–Trinajstić information content (AvgIpc) is 3.53. The third kappa shape index (κ3) is 4.88. The zero-order chi connectivity index (χ0) is 31.2. The normalized spacial score (nSPS) is 11.7. The van der Waals surface area contributed by atoms with E-state index < -0.39 is 0 Å². The molecule has 0 radical (unpaired) electrons. The van der Waals surface area contributed by atoms with E-state index in [0.29, 0.717) is 11.6 Å². The first-order valence-corrected chi connectivity index (χ1v) is 15.9. The van der Waals surface area contributed by atoms with Gasteiger partial charge in [-0.05, 0) is 41.0 Å². The maximum atomic E-state index is 5.30. The van der Waals surface area contributed by atoms with Crippen LogP contribution in [-0.2, 0) is 6.42 Å². The molecule has 0 saturated heterocycles. The van der Waals surface area contributed by atoms with Crippen molar-refractivity contribution in [2.45, 2.75) is 6.42 Å². The van der Waals surface area contributed by atoms with Gasteiger partial charge in [0.25, 0.3) is 0 Å². The highest BCUT2D eigenvalue weighted by Crippen LogP contribution is 2.42. The van der Waals surface area contributed by atoms with E-state index in [0.717, 1.165) is 67.8 Å². The van der Waals surface area contributed by atoms with Gasteiger partial charge in [0.15, 0.2) is 11.6 Å². The Hall–Kier alpha value is -6.26. The highest BCUT2D eigenvalue weighted by atomic mass is 14.9. The molecule has 1 aliphatic carbocycles. The minimum atomic E-state index is 0.663. The zero-order valence-electron chi connectivity index (χ0n) is 25.5. The first-order valence-electron chi connectivity index (χ1n) is 15.9. The predicted molar refractivity (Wildman–Crippen MR) is 191 cm³/mol. The van der Waals surface area contributed by atoms with Crippen molar-refractivity contribution in [1.82, 2.24) is 19.9 Å². The van der Waals surface area contributed by atoms with Gasteiger partial charge in [-0.2, -0.15) is 0 Å². The fourth-order valence-corrected chi connectivity index (χ4v) is 6.64. The Labute approximate surface area is 273 Å². The van der Waals surface area contributed by atoms with Crippen molar-refractivity contribution in [1.29, 1.82) is 0 Å². The molecule has 0 amide bonds. The van der Waals surface area contributed by atoms with E-state index in [9.17, 15) is 0 Å². The van der Waals surface area contributed by atoms with Crippen LogP contribution < -0.4 is 0 Å². The van der Waals surface area contributed by atoms with Crippen molar-refractivity contribution < 1.29 is 0 Å². The van der Waals surface area contributed by atoms with Crippen molar-refractivity contribution in [2.24, 2.45) is 0 Å². The van der Waals surface area contributed by atoms with E-state index in [4.69, 9.17) is 19.9 Å². The van der Waals surface area contributed by atoms with E-state index in [-0.39, 0.29) is 0 Å². The molecular formula is C43H28N4. The second-order valence-electron chi connectivity index (χ2n) is 11.9. The first kappa shape index (κ1) is 27.1. The summed E-state index contributed by atoms with van der Waals surface area (Å²) in [5, 5.41) is 1.02. The van der Waals surface area contributed by atoms with Gasteiger partial charge in [0.2, 0.25) is 0 Å². The van der Waals surface area contributed by atoms with E-state index in [1.165, 1.54) is 16.7 Å². The molecule has 0 spiro atoms. The fraction of sp³-hybridized carbons (Fsp3) is 0.0233. The lowest BCUT2D eigenvalue weighted by Crippen LogP contribution is -2.00. The average molecular weight is 601 g/mol. The van der Waals surface area contributed by atoms with Crippen LogP contribution in [0.25, 0.3) is 78.6 Å². The van der Waals surface area contributed by atoms with Gasteiger partial charge in [0, 0.05) is 45.2 Å². The van der Waals surface area contributed by atoms with Crippen molar-refractivity contribution in [3.05, 3.63) is 169 Å². The first-order chi connectivity index (χ1) is 23.3. The van der Waals surface area contributed by atoms with Gasteiger partial charge < -0.3 is 0 Å². The molecule has 6 aromatic carbocycles. The molecule has 4 nitrogen and oxygen atoms in total. The largest absolute Gasteiger partial charge is 0.228 e. The van der Waals surface area contributed by atoms with Crippen molar-refractivity contribution in [3.8, 4) is 67.7 Å². The molecule has 1 aliphatic rings. The van der Waals surface area contributed by atoms with E-state index >= 15 is 0 Å². The molecule has 0 fully saturated rings. The van der Waals surface area contributed by atoms with Crippen LogP contribution in [0.2, 0.25) is 0 Å². The van der Waals surface area contributed by atoms with Crippen LogP contribution in [0.5, 0.6) is 0 Å². The summed E-state index contributed by atoms with van der Waals surface area (Å²) in [6, 6.07) is 54.5. The third-order valence-corrected chi connectivity index (χ3v) is 8.90. The van der Waals surface area contributed by atoms with Crippen LogP contribution in [0.15, 0.2) is 158 Å². The Morgan fingerprint density at radius 1 is 0.362 bits per heavy atom. The number of benzene rings is 6. The summed E-state index contributed by atoms with van der Waals surface area (Å²) in [6.07, 6.45) is 0.818. The van der Waals surface area contributed by atoms with E-state index in [1.54, 1.807) is 0 Å². The maximum Gasteiger partial charge on any atom is 0.160 e. The molecule has 47 heavy (non-hydrogen) atoms. The molecule has 4 heteroatoms. The summed E-state index contributed by atoms with van der Waals surface area (Å²) in [4.78, 5) is 20.9. The van der Waals surface area contributed by atoms with Crippen molar-refractivity contribution in [3.63, 3.8) is 0 Å². The molecular weight excluding hydrogens is 573 g/mol. The smallest absolute Gasteiger partial charge is 0.160 e. The molecule has 8 aromatic rings. The van der Waals surface area contributed by atoms with Crippen molar-refractivity contribution >= 4 is 10.9 Å². The van der Waals surface area contributed by atoms with Crippen molar-refractivity contribution in [2.75, 3.05) is 0 Å². The van der Waals surface area contributed by atoms with Crippen LogP contribution >= 0.6 is 0 Å². The molecule has 9 rings (SSSR count). The molecule has 0 saturated carbocycles. The van der Waals surface area contributed by atoms with Crippen LogP contribution in [0.3, 0.4) is 0 Å². The van der Waals surface area contributed by atoms with Gasteiger partial charge in [0.05, 0.1) is 22.6 Å². The minimum absolute atomic E-state index is 0.663. The molecule has 220 valence electrons. The Kier molecular flexibility index (Phi) is 6.50. The number of hydrogen-bond acceptors (Lipinski definition) is 4. The number of fused-ring (bicyclic) bond motifs is 4. The zero-order valence-corrected chi connectivity index (χ0v) is 25.5. The number of aromatic nitrogens is 4. The number of rotatable bonds is 5. The summed E-state index contributed by atoms with van der Waals surface area (Å²) in [6.45, 7) is 0. The second-order valence-corrected chi connectivity index (χ2v) is 11.9. The Morgan fingerprint density at radius 3 is 1.60 bits per heavy atom. The summed E-state index contributed by atoms with van der Waals surface area (Å²) >= 11 is 0. The lowest BCUT2D eigenvalue weighted by molar-refractivity contribution is 1.13. The topological polar surface area (TPSA) is 51.6 Å². The summed E-state index contributed by atoms with van der Waals surface area (Å²) < 4.78 is 0. The summed E-state index contributed by atoms with van der Waals surface area (Å²) in [5.41, 5.74) is 13.6. The molecule has 2 aromatic heterocycles. The number of hydrogen-bond donors (Lipinski definition) is 0. The Bertz CT molecular complexity index is 2420. The molecule has 0 atom stereocenters. The van der Waals surface area contributed by atoms with Crippen LogP contribution in [0.4, 0.5) is 0 Å². The molecule has 2 heterocycles. The standard InChI is InChI=1S/C43H28N4/c1-4-14-28(15-5-1)32-24-33(42-44-38-23-13-12-22-36(38)39(45-42)29-16-6-2-7-17-29)26-34(25-32)43-46-40(30-18-8-3-9-19-30)37-27-31-20-10-11-21-35(31)41(37)47-43/h1-26H,27H2. The summed E-state index contributed by atoms with van der Waals surface area (Å²) in [7, 11) is 0. The quantitative estimate of drug-likeness (QED) is 0.197. The van der Waals surface area contributed by atoms with Crippen LogP contribution in [-0.4, -0.2) is 19.9 Å².